The van der Waals surface area contributed by atoms with E-state index >= 15 is 0 Å². The third-order valence-corrected chi connectivity index (χ3v) is 7.97. The van der Waals surface area contributed by atoms with Gasteiger partial charge in [0.1, 0.15) is 24.7 Å². The monoisotopic (exact) mass is 756 g/mol. The van der Waals surface area contributed by atoms with Gasteiger partial charge in [-0.15, -0.1) is 0 Å². The Hall–Kier alpha value is -2.35. The van der Waals surface area contributed by atoms with Crippen molar-refractivity contribution in [3.63, 3.8) is 0 Å². The van der Waals surface area contributed by atoms with Crippen molar-refractivity contribution >= 4 is 95.0 Å². The van der Waals surface area contributed by atoms with Crippen LogP contribution in [-0.2, 0) is 16.2 Å². The van der Waals surface area contributed by atoms with Crippen LogP contribution in [0.2, 0.25) is 0 Å². The molecule has 3 aromatic rings. The summed E-state index contributed by atoms with van der Waals surface area (Å²) in [5.41, 5.74) is 2.26. The van der Waals surface area contributed by atoms with E-state index in [2.05, 4.69) is 59.8 Å². The second kappa shape index (κ2) is 12.5. The third-order valence-electron chi connectivity index (χ3n) is 5.16. The van der Waals surface area contributed by atoms with Crippen molar-refractivity contribution in [2.75, 3.05) is 19.0 Å². The highest BCUT2D eigenvalue weighted by Crippen LogP contribution is 2.38. The predicted molar refractivity (Wildman–Crippen MR) is 160 cm³/mol. The van der Waals surface area contributed by atoms with Gasteiger partial charge in [-0.3, -0.25) is 19.3 Å². The summed E-state index contributed by atoms with van der Waals surface area (Å²) in [7, 11) is 1.55. The summed E-state index contributed by atoms with van der Waals surface area (Å²) in [4.78, 5) is 39.0. The van der Waals surface area contributed by atoms with Gasteiger partial charge in [0.25, 0.3) is 11.1 Å². The lowest BCUT2D eigenvalue weighted by atomic mass is 10.2. The van der Waals surface area contributed by atoms with E-state index in [1.54, 1.807) is 49.6 Å². The molecule has 0 aliphatic carbocycles. The molecule has 1 heterocycles. The van der Waals surface area contributed by atoms with Crippen molar-refractivity contribution < 1.29 is 23.9 Å². The number of halogens is 3. The van der Waals surface area contributed by atoms with E-state index in [1.807, 2.05) is 24.3 Å². The van der Waals surface area contributed by atoms with Crippen molar-refractivity contribution in [2.24, 2.45) is 0 Å². The van der Waals surface area contributed by atoms with Crippen LogP contribution in [0.4, 0.5) is 10.5 Å². The number of rotatable bonds is 8. The number of amides is 3. The molecule has 0 bridgehead atoms. The first-order chi connectivity index (χ1) is 17.7. The first kappa shape index (κ1) is 27.7. The van der Waals surface area contributed by atoms with Gasteiger partial charge in [0.15, 0.2) is 0 Å². The molecule has 37 heavy (non-hydrogen) atoms. The molecule has 0 aromatic heterocycles. The summed E-state index contributed by atoms with van der Waals surface area (Å²) in [6.45, 7) is 0.0116. The minimum atomic E-state index is -0.522. The highest BCUT2D eigenvalue weighted by molar-refractivity contribution is 14.1. The average Bonchev–Trinajstić information content (AvgIpc) is 3.12. The Labute approximate surface area is 248 Å². The van der Waals surface area contributed by atoms with Crippen molar-refractivity contribution in [1.82, 2.24) is 4.90 Å². The molecule has 7 nitrogen and oxygen atoms in total. The van der Waals surface area contributed by atoms with Crippen molar-refractivity contribution in [3.8, 4) is 11.5 Å². The van der Waals surface area contributed by atoms with Gasteiger partial charge in [0, 0.05) is 9.26 Å². The molecule has 1 aliphatic heterocycles. The van der Waals surface area contributed by atoms with Crippen molar-refractivity contribution in [1.29, 1.82) is 0 Å². The average molecular weight is 758 g/mol. The van der Waals surface area contributed by atoms with Crippen LogP contribution in [0, 0.1) is 3.57 Å². The van der Waals surface area contributed by atoms with Crippen molar-refractivity contribution in [2.45, 2.75) is 6.61 Å². The first-order valence-corrected chi connectivity index (χ1v) is 14.3. The Morgan fingerprint density at radius 1 is 1.05 bits per heavy atom. The van der Waals surface area contributed by atoms with Gasteiger partial charge in [-0.1, -0.05) is 12.1 Å². The van der Waals surface area contributed by atoms with E-state index < -0.39 is 17.1 Å². The number of carbonyl (C=O) groups is 3. The highest BCUT2D eigenvalue weighted by atomic mass is 127. The summed E-state index contributed by atoms with van der Waals surface area (Å²) < 4.78 is 13.6. The molecule has 11 heteroatoms. The lowest BCUT2D eigenvalue weighted by Gasteiger charge is -2.13. The fourth-order valence-corrected chi connectivity index (χ4v) is 5.99. The Kier molecular flexibility index (Phi) is 9.32. The fourth-order valence-electron chi connectivity index (χ4n) is 3.34. The number of imide groups is 1. The van der Waals surface area contributed by atoms with Crippen LogP contribution in [0.3, 0.4) is 0 Å². The Morgan fingerprint density at radius 3 is 2.32 bits per heavy atom. The molecule has 0 saturated carbocycles. The molecule has 0 spiro atoms. The molecular formula is C26H19Br2IN2O5S. The number of thioether (sulfide) groups is 1. The van der Waals surface area contributed by atoms with Crippen LogP contribution in [0.1, 0.15) is 11.1 Å². The first-order valence-electron chi connectivity index (χ1n) is 10.8. The Balaban J connectivity index is 1.41. The SMILES string of the molecule is COc1ccc(NC(=O)CN2C(=O)S/C(=C/c3cc(Br)c(OCc4ccc(I)cc4)c(Br)c3)C2=O)cc1. The molecule has 1 saturated heterocycles. The van der Waals surface area contributed by atoms with E-state index in [0.29, 0.717) is 38.3 Å². The summed E-state index contributed by atoms with van der Waals surface area (Å²) in [6, 6.07) is 18.4. The number of ether oxygens (including phenoxy) is 2. The summed E-state index contributed by atoms with van der Waals surface area (Å²) in [5.74, 6) is 0.275. The minimum Gasteiger partial charge on any atom is -0.497 e. The number of hydrogen-bond acceptors (Lipinski definition) is 6. The summed E-state index contributed by atoms with van der Waals surface area (Å²) in [5, 5.41) is 2.17. The lowest BCUT2D eigenvalue weighted by molar-refractivity contribution is -0.127. The van der Waals surface area contributed by atoms with Crippen LogP contribution < -0.4 is 14.8 Å². The number of nitrogens with one attached hydrogen (secondary N) is 1. The molecule has 1 aliphatic rings. The predicted octanol–water partition coefficient (Wildman–Crippen LogP) is 7.08. The number of benzene rings is 3. The van der Waals surface area contributed by atoms with Crippen LogP contribution in [0.5, 0.6) is 11.5 Å². The molecule has 4 rings (SSSR count). The van der Waals surface area contributed by atoms with E-state index in [9.17, 15) is 14.4 Å². The normalized spacial score (nSPS) is 14.3. The maximum Gasteiger partial charge on any atom is 0.294 e. The topological polar surface area (TPSA) is 84.9 Å². The van der Waals surface area contributed by atoms with Gasteiger partial charge in [-0.2, -0.15) is 0 Å². The van der Waals surface area contributed by atoms with Gasteiger partial charge in [0.2, 0.25) is 5.91 Å². The molecular weight excluding hydrogens is 739 g/mol. The number of nitrogens with zero attached hydrogens (tertiary/aromatic N) is 1. The van der Waals surface area contributed by atoms with Crippen LogP contribution >= 0.6 is 66.2 Å². The van der Waals surface area contributed by atoms with Gasteiger partial charge in [-0.25, -0.2) is 0 Å². The number of carbonyl (C=O) groups excluding carboxylic acids is 3. The zero-order valence-corrected chi connectivity index (χ0v) is 25.4. The third kappa shape index (κ3) is 7.15. The van der Waals surface area contributed by atoms with E-state index in [0.717, 1.165) is 25.8 Å². The summed E-state index contributed by atoms with van der Waals surface area (Å²) >= 11 is 10.1. The van der Waals surface area contributed by atoms with Gasteiger partial charge in [-0.05, 0) is 132 Å². The fraction of sp³-hybridized carbons (Fsp3) is 0.115. The minimum absolute atomic E-state index is 0.230. The lowest BCUT2D eigenvalue weighted by Crippen LogP contribution is -2.36. The standard InChI is InChI=1S/C26H19Br2IN2O5S/c1-35-19-8-6-18(7-9-19)30-23(32)13-31-25(33)22(37-26(31)34)12-16-10-20(27)24(21(28)11-16)36-14-15-2-4-17(29)5-3-15/h2-12H,13-14H2,1H3,(H,30,32)/b22-12+. The Bertz CT molecular complexity index is 1360. The zero-order valence-electron chi connectivity index (χ0n) is 19.3. The van der Waals surface area contributed by atoms with Crippen LogP contribution in [-0.4, -0.2) is 35.6 Å². The number of hydrogen-bond donors (Lipinski definition) is 1. The van der Waals surface area contributed by atoms with Gasteiger partial charge >= 0.3 is 0 Å². The molecule has 190 valence electrons. The van der Waals surface area contributed by atoms with Crippen LogP contribution in [0.15, 0.2) is 74.5 Å². The second-order valence-corrected chi connectivity index (χ2v) is 11.7. The maximum atomic E-state index is 12.9. The molecule has 3 aromatic carbocycles. The molecule has 1 fully saturated rings. The second-order valence-electron chi connectivity index (χ2n) is 7.77. The maximum absolute atomic E-state index is 12.9. The Morgan fingerprint density at radius 2 is 1.70 bits per heavy atom. The molecule has 3 amide bonds. The smallest absolute Gasteiger partial charge is 0.294 e. The molecule has 0 unspecified atom stereocenters. The van der Waals surface area contributed by atoms with Crippen LogP contribution in [0.25, 0.3) is 6.08 Å². The quantitative estimate of drug-likeness (QED) is 0.196. The largest absolute Gasteiger partial charge is 0.497 e. The van der Waals surface area contributed by atoms with Gasteiger partial charge in [0.05, 0.1) is 21.0 Å². The molecule has 0 atom stereocenters. The molecule has 0 radical (unpaired) electrons. The molecule has 1 N–H and O–H groups in total. The zero-order chi connectivity index (χ0) is 26.5. The van der Waals surface area contributed by atoms with Gasteiger partial charge < -0.3 is 14.8 Å². The summed E-state index contributed by atoms with van der Waals surface area (Å²) in [6.07, 6.45) is 1.62. The van der Waals surface area contributed by atoms with Crippen molar-refractivity contribution in [3.05, 3.63) is 89.2 Å². The van der Waals surface area contributed by atoms with E-state index in [1.165, 1.54) is 0 Å². The number of anilines is 1. The van der Waals surface area contributed by atoms with E-state index in [-0.39, 0.29) is 11.4 Å². The number of methoxy groups -OCH3 is 1. The highest BCUT2D eigenvalue weighted by Gasteiger charge is 2.36. The van der Waals surface area contributed by atoms with E-state index in [4.69, 9.17) is 9.47 Å².